The third-order valence-corrected chi connectivity index (χ3v) is 5.71. The largest absolute Gasteiger partial charge is 0.490 e. The van der Waals surface area contributed by atoms with E-state index in [-0.39, 0.29) is 17.1 Å². The number of hydrogen-bond donors (Lipinski definition) is 3. The maximum atomic E-state index is 12.5. The van der Waals surface area contributed by atoms with Crippen LogP contribution in [0.3, 0.4) is 0 Å². The minimum Gasteiger partial charge on any atom is -0.490 e. The molecule has 1 aromatic heterocycles. The predicted octanol–water partition coefficient (Wildman–Crippen LogP) is 4.39. The van der Waals surface area contributed by atoms with E-state index in [1.807, 2.05) is 27.7 Å². The summed E-state index contributed by atoms with van der Waals surface area (Å²) in [4.78, 5) is 25.3. The average Bonchev–Trinajstić information content (AvgIpc) is 2.91. The molecule has 0 unspecified atom stereocenters. The molecule has 2 aromatic rings. The molecular formula is C19H22BrN3O3S2. The fourth-order valence-electron chi connectivity index (χ4n) is 2.65. The number of primary amides is 1. The van der Waals surface area contributed by atoms with Crippen molar-refractivity contribution in [2.24, 2.45) is 5.73 Å². The molecule has 0 saturated heterocycles. The Kier molecular flexibility index (Phi) is 7.56. The normalized spacial score (nSPS) is 10.6. The summed E-state index contributed by atoms with van der Waals surface area (Å²) >= 11 is 10.0. The summed E-state index contributed by atoms with van der Waals surface area (Å²) in [5.41, 5.74) is 7.24. The molecular weight excluding hydrogens is 462 g/mol. The van der Waals surface area contributed by atoms with E-state index in [1.54, 1.807) is 18.2 Å². The van der Waals surface area contributed by atoms with E-state index in [1.165, 1.54) is 11.3 Å². The van der Waals surface area contributed by atoms with E-state index in [2.05, 4.69) is 26.6 Å². The topological polar surface area (TPSA) is 93.4 Å². The number of benzene rings is 1. The fraction of sp³-hybridized carbons (Fsp3) is 0.316. The number of aryl methyl sites for hydroxylation is 1. The van der Waals surface area contributed by atoms with Gasteiger partial charge in [-0.1, -0.05) is 6.92 Å². The van der Waals surface area contributed by atoms with E-state index < -0.39 is 5.91 Å². The van der Waals surface area contributed by atoms with Crippen molar-refractivity contribution in [3.63, 3.8) is 0 Å². The zero-order valence-corrected chi connectivity index (χ0v) is 19.2. The summed E-state index contributed by atoms with van der Waals surface area (Å²) in [5, 5.41) is 6.17. The lowest BCUT2D eigenvalue weighted by molar-refractivity contribution is 0.0975. The van der Waals surface area contributed by atoms with E-state index >= 15 is 0 Å². The number of carbonyl (C=O) groups excluding carboxylic acids is 2. The first kappa shape index (κ1) is 22.3. The quantitative estimate of drug-likeness (QED) is 0.529. The molecule has 0 bridgehead atoms. The van der Waals surface area contributed by atoms with Gasteiger partial charge in [-0.3, -0.25) is 14.9 Å². The number of halogens is 1. The minimum atomic E-state index is -0.525. The number of thiocarbonyl (C=S) groups is 1. The Morgan fingerprint density at radius 1 is 1.36 bits per heavy atom. The molecule has 0 aliphatic carbocycles. The summed E-state index contributed by atoms with van der Waals surface area (Å²) in [6.45, 7) is 7.72. The molecule has 6 nitrogen and oxygen atoms in total. The van der Waals surface area contributed by atoms with Crippen molar-refractivity contribution >= 4 is 61.4 Å². The Morgan fingerprint density at radius 2 is 2.04 bits per heavy atom. The second-order valence-corrected chi connectivity index (χ2v) is 8.77. The van der Waals surface area contributed by atoms with Crippen LogP contribution in [-0.4, -0.2) is 23.0 Å². The van der Waals surface area contributed by atoms with Gasteiger partial charge in [-0.2, -0.15) is 0 Å². The van der Waals surface area contributed by atoms with Crippen molar-refractivity contribution in [1.82, 2.24) is 5.32 Å². The maximum Gasteiger partial charge on any atom is 0.257 e. The smallest absolute Gasteiger partial charge is 0.257 e. The van der Waals surface area contributed by atoms with Gasteiger partial charge in [-0.15, -0.1) is 11.3 Å². The lowest BCUT2D eigenvalue weighted by Gasteiger charge is -2.13. The van der Waals surface area contributed by atoms with Crippen LogP contribution in [0.2, 0.25) is 0 Å². The number of amides is 2. The molecule has 0 spiro atoms. The van der Waals surface area contributed by atoms with Gasteiger partial charge in [0.05, 0.1) is 16.1 Å². The molecule has 4 N–H and O–H groups in total. The highest BCUT2D eigenvalue weighted by molar-refractivity contribution is 9.10. The van der Waals surface area contributed by atoms with Crippen LogP contribution < -0.4 is 21.1 Å². The molecule has 2 rings (SSSR count). The number of thiophene rings is 1. The average molecular weight is 484 g/mol. The Hall–Kier alpha value is -1.97. The molecule has 28 heavy (non-hydrogen) atoms. The number of nitrogens with two attached hydrogens (primary N) is 1. The summed E-state index contributed by atoms with van der Waals surface area (Å²) in [6, 6.07) is 5.03. The Morgan fingerprint density at radius 3 is 2.57 bits per heavy atom. The van der Waals surface area contributed by atoms with Gasteiger partial charge in [-0.25, -0.2) is 0 Å². The van der Waals surface area contributed by atoms with Gasteiger partial charge in [0.25, 0.3) is 11.8 Å². The van der Waals surface area contributed by atoms with E-state index in [0.717, 1.165) is 10.4 Å². The lowest BCUT2D eigenvalue weighted by atomic mass is 10.1. The molecule has 0 aliphatic heterocycles. The van der Waals surface area contributed by atoms with Crippen LogP contribution in [0.5, 0.6) is 5.75 Å². The van der Waals surface area contributed by atoms with Crippen molar-refractivity contribution < 1.29 is 14.3 Å². The van der Waals surface area contributed by atoms with Crippen molar-refractivity contribution in [2.45, 2.75) is 40.2 Å². The van der Waals surface area contributed by atoms with Crippen LogP contribution in [0.1, 0.15) is 51.9 Å². The molecule has 1 heterocycles. The Balaban J connectivity index is 2.13. The van der Waals surface area contributed by atoms with Crippen LogP contribution in [0, 0.1) is 6.92 Å². The zero-order valence-electron chi connectivity index (χ0n) is 16.0. The molecule has 0 atom stereocenters. The van der Waals surface area contributed by atoms with Gasteiger partial charge < -0.3 is 15.8 Å². The van der Waals surface area contributed by atoms with Crippen LogP contribution in [-0.2, 0) is 6.42 Å². The number of ether oxygens (including phenoxy) is 1. The lowest BCUT2D eigenvalue weighted by Crippen LogP contribution is -2.34. The van der Waals surface area contributed by atoms with Crippen molar-refractivity contribution in [3.8, 4) is 5.75 Å². The molecule has 0 aliphatic rings. The van der Waals surface area contributed by atoms with E-state index in [0.29, 0.717) is 32.8 Å². The summed E-state index contributed by atoms with van der Waals surface area (Å²) in [5.74, 6) is -0.249. The third-order valence-electron chi connectivity index (χ3n) is 3.82. The minimum absolute atomic E-state index is 0.0227. The van der Waals surface area contributed by atoms with E-state index in [4.69, 9.17) is 22.7 Å². The first-order valence-corrected chi connectivity index (χ1v) is 10.7. The standard InChI is InChI=1S/C19H22BrN3O3S2/c1-5-12-10(4)28-18(15(12)16(21)24)23-19(27)22-17(25)11-6-7-14(13(20)8-11)26-9(2)3/h6-9H,5H2,1-4H3,(H2,21,24)(H2,22,23,25,27). The number of rotatable bonds is 6. The van der Waals surface area contributed by atoms with Gasteiger partial charge in [0, 0.05) is 10.4 Å². The molecule has 0 fully saturated rings. The number of nitrogens with one attached hydrogen (secondary N) is 2. The van der Waals surface area contributed by atoms with Crippen molar-refractivity contribution in [3.05, 3.63) is 44.2 Å². The van der Waals surface area contributed by atoms with Gasteiger partial charge >= 0.3 is 0 Å². The van der Waals surface area contributed by atoms with Crippen LogP contribution in [0.25, 0.3) is 0 Å². The van der Waals surface area contributed by atoms with Crippen LogP contribution in [0.15, 0.2) is 22.7 Å². The second-order valence-electron chi connectivity index (χ2n) is 6.28. The predicted molar refractivity (Wildman–Crippen MR) is 121 cm³/mol. The number of anilines is 1. The van der Waals surface area contributed by atoms with Crippen LogP contribution in [0.4, 0.5) is 5.00 Å². The van der Waals surface area contributed by atoms with E-state index in [9.17, 15) is 9.59 Å². The molecule has 9 heteroatoms. The van der Waals surface area contributed by atoms with Crippen molar-refractivity contribution in [1.29, 1.82) is 0 Å². The van der Waals surface area contributed by atoms with Gasteiger partial charge in [0.15, 0.2) is 5.11 Å². The molecule has 0 radical (unpaired) electrons. The maximum absolute atomic E-state index is 12.5. The molecule has 150 valence electrons. The fourth-order valence-corrected chi connectivity index (χ4v) is 4.54. The summed E-state index contributed by atoms with van der Waals surface area (Å²) < 4.78 is 6.31. The molecule has 2 amide bonds. The molecule has 1 aromatic carbocycles. The van der Waals surface area contributed by atoms with Gasteiger partial charge in [0.2, 0.25) is 0 Å². The highest BCUT2D eigenvalue weighted by atomic mass is 79.9. The highest BCUT2D eigenvalue weighted by Gasteiger charge is 2.20. The SMILES string of the molecule is CCc1c(C)sc(NC(=S)NC(=O)c2ccc(OC(C)C)c(Br)c2)c1C(N)=O. The molecule has 0 saturated carbocycles. The number of hydrogen-bond acceptors (Lipinski definition) is 5. The monoisotopic (exact) mass is 483 g/mol. The Labute approximate surface area is 182 Å². The van der Waals surface area contributed by atoms with Gasteiger partial charge in [-0.05, 0) is 79.1 Å². The second kappa shape index (κ2) is 9.49. The first-order chi connectivity index (χ1) is 13.1. The number of carbonyl (C=O) groups is 2. The summed E-state index contributed by atoms with van der Waals surface area (Å²) in [6.07, 6.45) is 0.703. The summed E-state index contributed by atoms with van der Waals surface area (Å²) in [7, 11) is 0. The van der Waals surface area contributed by atoms with Crippen molar-refractivity contribution in [2.75, 3.05) is 5.32 Å². The zero-order chi connectivity index (χ0) is 21.0. The first-order valence-electron chi connectivity index (χ1n) is 8.64. The Bertz CT molecular complexity index is 925. The highest BCUT2D eigenvalue weighted by Crippen LogP contribution is 2.33. The van der Waals surface area contributed by atoms with Crippen LogP contribution >= 0.6 is 39.5 Å². The van der Waals surface area contributed by atoms with Gasteiger partial charge in [0.1, 0.15) is 10.8 Å². The third kappa shape index (κ3) is 5.30.